The van der Waals surface area contributed by atoms with Gasteiger partial charge in [-0.2, -0.15) is 5.10 Å². The van der Waals surface area contributed by atoms with Crippen molar-refractivity contribution in [1.82, 2.24) is 20.0 Å². The number of nitrogens with one attached hydrogen (secondary N) is 1. The molecule has 2 aromatic rings. The van der Waals surface area contributed by atoms with Gasteiger partial charge < -0.3 is 15.0 Å². The highest BCUT2D eigenvalue weighted by Crippen LogP contribution is 2.18. The van der Waals surface area contributed by atoms with Crippen LogP contribution in [0.2, 0.25) is 0 Å². The number of esters is 1. The van der Waals surface area contributed by atoms with Crippen LogP contribution >= 0.6 is 24.0 Å². The largest absolute Gasteiger partial charge is 0.469 e. The fourth-order valence-corrected chi connectivity index (χ4v) is 3.36. The van der Waals surface area contributed by atoms with E-state index in [1.54, 1.807) is 7.05 Å². The summed E-state index contributed by atoms with van der Waals surface area (Å²) in [6, 6.07) is 10.3. The number of ether oxygens (including phenoxy) is 1. The van der Waals surface area contributed by atoms with Crippen LogP contribution in [0.5, 0.6) is 0 Å². The van der Waals surface area contributed by atoms with Crippen LogP contribution in [0, 0.1) is 5.92 Å². The van der Waals surface area contributed by atoms with Gasteiger partial charge >= 0.3 is 5.97 Å². The molecule has 0 saturated carbocycles. The van der Waals surface area contributed by atoms with Gasteiger partial charge in [0, 0.05) is 38.4 Å². The Morgan fingerprint density at radius 3 is 2.61 bits per heavy atom. The summed E-state index contributed by atoms with van der Waals surface area (Å²) in [6.45, 7) is 3.02. The fraction of sp³-hybridized carbons (Fsp3) is 0.450. The van der Waals surface area contributed by atoms with E-state index >= 15 is 0 Å². The van der Waals surface area contributed by atoms with Gasteiger partial charge in [-0.05, 0) is 18.4 Å². The zero-order chi connectivity index (χ0) is 19.1. The predicted molar refractivity (Wildman–Crippen MR) is 120 cm³/mol. The maximum Gasteiger partial charge on any atom is 0.308 e. The number of hydrogen-bond acceptors (Lipinski definition) is 4. The average Bonchev–Trinajstić information content (AvgIpc) is 3.16. The monoisotopic (exact) mass is 497 g/mol. The molecule has 1 saturated heterocycles. The highest BCUT2D eigenvalue weighted by atomic mass is 127. The Morgan fingerprint density at radius 2 is 1.96 bits per heavy atom. The normalized spacial score (nSPS) is 15.1. The fourth-order valence-electron chi connectivity index (χ4n) is 3.36. The highest BCUT2D eigenvalue weighted by Gasteiger charge is 2.26. The Bertz CT molecular complexity index is 770. The number of piperidine rings is 1. The Balaban J connectivity index is 0.00000280. The first-order valence-corrected chi connectivity index (χ1v) is 9.28. The molecule has 152 valence electrons. The molecule has 8 heteroatoms. The standard InChI is InChI=1S/C20H27N5O2.HI/c1-21-20(24-10-8-18(9-11-24)19(26)27-2)22-12-17-13-23-25(15-17)14-16-6-4-3-5-7-16;/h3-7,13,15,18H,8-12,14H2,1-2H3,(H,21,22);1H. The van der Waals surface area contributed by atoms with Gasteiger partial charge in [0.05, 0.1) is 25.8 Å². The summed E-state index contributed by atoms with van der Waals surface area (Å²) >= 11 is 0. The minimum absolute atomic E-state index is 0. The zero-order valence-electron chi connectivity index (χ0n) is 16.4. The summed E-state index contributed by atoms with van der Waals surface area (Å²) in [7, 11) is 3.24. The van der Waals surface area contributed by atoms with Crippen molar-refractivity contribution >= 4 is 35.9 Å². The topological polar surface area (TPSA) is 71.8 Å². The minimum atomic E-state index is -0.108. The molecule has 0 unspecified atom stereocenters. The average molecular weight is 497 g/mol. The Hall–Kier alpha value is -2.10. The quantitative estimate of drug-likeness (QED) is 0.298. The van der Waals surface area contributed by atoms with Crippen molar-refractivity contribution in [3.8, 4) is 0 Å². The summed E-state index contributed by atoms with van der Waals surface area (Å²) in [5, 5.41) is 7.84. The molecule has 1 aromatic carbocycles. The molecule has 0 spiro atoms. The van der Waals surface area contributed by atoms with E-state index in [2.05, 4.69) is 38.6 Å². The second kappa shape index (κ2) is 11.0. The van der Waals surface area contributed by atoms with E-state index < -0.39 is 0 Å². The van der Waals surface area contributed by atoms with Gasteiger partial charge in [0.25, 0.3) is 0 Å². The summed E-state index contributed by atoms with van der Waals surface area (Å²) in [4.78, 5) is 18.2. The van der Waals surface area contributed by atoms with Crippen LogP contribution in [-0.4, -0.2) is 53.9 Å². The lowest BCUT2D eigenvalue weighted by molar-refractivity contribution is -0.146. The summed E-state index contributed by atoms with van der Waals surface area (Å²) in [5.74, 6) is 0.748. The maximum absolute atomic E-state index is 11.7. The Labute approximate surface area is 183 Å². The number of aliphatic imine (C=N–C) groups is 1. The van der Waals surface area contributed by atoms with E-state index in [0.29, 0.717) is 6.54 Å². The molecular weight excluding hydrogens is 469 g/mol. The zero-order valence-corrected chi connectivity index (χ0v) is 18.7. The second-order valence-electron chi connectivity index (χ2n) is 6.72. The van der Waals surface area contributed by atoms with E-state index in [4.69, 9.17) is 4.74 Å². The van der Waals surface area contributed by atoms with Gasteiger partial charge in [-0.15, -0.1) is 24.0 Å². The third-order valence-corrected chi connectivity index (χ3v) is 4.87. The first-order valence-electron chi connectivity index (χ1n) is 9.28. The molecule has 3 rings (SSSR count). The molecule has 1 fully saturated rings. The van der Waals surface area contributed by atoms with Gasteiger partial charge in [0.2, 0.25) is 0 Å². The molecule has 0 bridgehead atoms. The number of nitrogens with zero attached hydrogens (tertiary/aromatic N) is 4. The predicted octanol–water partition coefficient (Wildman–Crippen LogP) is 2.51. The number of halogens is 1. The molecule has 7 nitrogen and oxygen atoms in total. The number of benzene rings is 1. The van der Waals surface area contributed by atoms with E-state index in [9.17, 15) is 4.79 Å². The number of hydrogen-bond donors (Lipinski definition) is 1. The van der Waals surface area contributed by atoms with Gasteiger partial charge in [-0.1, -0.05) is 30.3 Å². The maximum atomic E-state index is 11.7. The molecule has 1 aliphatic heterocycles. The molecule has 1 aromatic heterocycles. The van der Waals surface area contributed by atoms with Crippen LogP contribution in [-0.2, 0) is 22.6 Å². The lowest BCUT2D eigenvalue weighted by atomic mass is 9.97. The summed E-state index contributed by atoms with van der Waals surface area (Å²) in [5.41, 5.74) is 2.33. The van der Waals surface area contributed by atoms with Crippen molar-refractivity contribution in [2.45, 2.75) is 25.9 Å². The van der Waals surface area contributed by atoms with E-state index in [-0.39, 0.29) is 35.9 Å². The first-order chi connectivity index (χ1) is 13.2. The van der Waals surface area contributed by atoms with Crippen LogP contribution < -0.4 is 5.32 Å². The second-order valence-corrected chi connectivity index (χ2v) is 6.72. The Kier molecular flexibility index (Phi) is 8.75. The molecule has 1 N–H and O–H groups in total. The van der Waals surface area contributed by atoms with Crippen LogP contribution in [0.25, 0.3) is 0 Å². The van der Waals surface area contributed by atoms with Crippen LogP contribution in [0.15, 0.2) is 47.7 Å². The van der Waals surface area contributed by atoms with Gasteiger partial charge in [-0.25, -0.2) is 0 Å². The lowest BCUT2D eigenvalue weighted by Gasteiger charge is -2.33. The molecule has 0 radical (unpaired) electrons. The number of rotatable bonds is 5. The van der Waals surface area contributed by atoms with Gasteiger partial charge in [0.15, 0.2) is 5.96 Å². The van der Waals surface area contributed by atoms with Crippen molar-refractivity contribution in [3.05, 3.63) is 53.9 Å². The highest BCUT2D eigenvalue weighted by molar-refractivity contribution is 14.0. The van der Waals surface area contributed by atoms with E-state index in [0.717, 1.165) is 44.0 Å². The molecular formula is C20H28IN5O2. The SMILES string of the molecule is CN=C(NCc1cnn(Cc2ccccc2)c1)N1CCC(C(=O)OC)CC1.I. The Morgan fingerprint density at radius 1 is 1.25 bits per heavy atom. The molecule has 0 amide bonds. The van der Waals surface area contributed by atoms with Crippen molar-refractivity contribution in [3.63, 3.8) is 0 Å². The number of guanidine groups is 1. The smallest absolute Gasteiger partial charge is 0.308 e. The van der Waals surface area contributed by atoms with Crippen molar-refractivity contribution in [1.29, 1.82) is 0 Å². The molecule has 0 atom stereocenters. The van der Waals surface area contributed by atoms with Crippen LogP contribution in [0.4, 0.5) is 0 Å². The number of methoxy groups -OCH3 is 1. The third kappa shape index (κ3) is 5.95. The van der Waals surface area contributed by atoms with Gasteiger partial charge in [0.1, 0.15) is 0 Å². The third-order valence-electron chi connectivity index (χ3n) is 4.87. The van der Waals surface area contributed by atoms with E-state index in [1.807, 2.05) is 29.1 Å². The number of carbonyl (C=O) groups excluding carboxylic acids is 1. The number of carbonyl (C=O) groups is 1. The first kappa shape index (κ1) is 22.2. The molecule has 0 aliphatic carbocycles. The van der Waals surface area contributed by atoms with Crippen LogP contribution in [0.1, 0.15) is 24.0 Å². The molecule has 1 aliphatic rings. The molecule has 2 heterocycles. The summed E-state index contributed by atoms with van der Waals surface area (Å²) < 4.78 is 6.79. The molecule has 28 heavy (non-hydrogen) atoms. The minimum Gasteiger partial charge on any atom is -0.469 e. The van der Waals surface area contributed by atoms with Gasteiger partial charge in [-0.3, -0.25) is 14.5 Å². The van der Waals surface area contributed by atoms with Crippen molar-refractivity contribution in [2.75, 3.05) is 27.2 Å². The summed E-state index contributed by atoms with van der Waals surface area (Å²) in [6.07, 6.45) is 5.52. The van der Waals surface area contributed by atoms with Crippen LogP contribution in [0.3, 0.4) is 0 Å². The number of likely N-dealkylation sites (tertiary alicyclic amines) is 1. The van der Waals surface area contributed by atoms with E-state index in [1.165, 1.54) is 12.7 Å². The number of aromatic nitrogens is 2. The van der Waals surface area contributed by atoms with Crippen molar-refractivity contribution in [2.24, 2.45) is 10.9 Å². The lowest BCUT2D eigenvalue weighted by Crippen LogP contribution is -2.46. The van der Waals surface area contributed by atoms with Crippen molar-refractivity contribution < 1.29 is 9.53 Å².